The molecule has 1 saturated carbocycles. The first-order chi connectivity index (χ1) is 29.1. The molecule has 1 aromatic carbocycles. The first-order valence-corrected chi connectivity index (χ1v) is 20.1. The number of likely N-dealkylation sites (N-methyl/N-ethyl adjacent to an activating group) is 1. The zero-order valence-electron chi connectivity index (χ0n) is 32.9. The average Bonchev–Trinajstić information content (AvgIpc) is 3.73. The van der Waals surface area contributed by atoms with Crippen LogP contribution in [0.3, 0.4) is 0 Å². The van der Waals surface area contributed by atoms with Gasteiger partial charge in [-0.15, -0.1) is 0 Å². The standard InChI is InChI=1S/C41H39F2N13O4/c1-4-59-26-18-51(3)38(57)32-15-25(60-41-45-12-9-29(48-41)34-35-30(10-11-44-34)47-21(2)52(35)20-26)19-54(32)36-27-16-46-56(31-8-5-22(42)13-28(31)43)37(27)50-40(49-36)55-24-14-33(55)39(58)53(17-24)23-6-7-23/h5,8-13,16-17,23,25-26,32-33H,4,6-7,14-15,18-20H2,1-3H3/t25-,26-,32-,33+/m0/s1. The van der Waals surface area contributed by atoms with Gasteiger partial charge in [-0.25, -0.2) is 23.4 Å². The van der Waals surface area contributed by atoms with E-state index in [0.717, 1.165) is 47.5 Å². The molecule has 3 fully saturated rings. The smallest absolute Gasteiger partial charge is 0.317 e. The van der Waals surface area contributed by atoms with E-state index in [1.807, 2.05) is 40.5 Å². The Morgan fingerprint density at radius 2 is 1.80 bits per heavy atom. The molecule has 19 heteroatoms. The Kier molecular flexibility index (Phi) is 8.33. The third-order valence-corrected chi connectivity index (χ3v) is 12.0. The second-order valence-electron chi connectivity index (χ2n) is 15.9. The Hall–Kier alpha value is -6.63. The zero-order chi connectivity index (χ0) is 41.0. The molecule has 0 N–H and O–H groups in total. The van der Waals surface area contributed by atoms with Crippen LogP contribution in [-0.2, 0) is 20.9 Å². The third kappa shape index (κ3) is 5.84. The second-order valence-corrected chi connectivity index (χ2v) is 15.9. The van der Waals surface area contributed by atoms with Crippen LogP contribution in [0, 0.1) is 18.6 Å². The molecule has 306 valence electrons. The van der Waals surface area contributed by atoms with Gasteiger partial charge in [-0.3, -0.25) is 19.5 Å². The van der Waals surface area contributed by atoms with E-state index in [-0.39, 0.29) is 60.7 Å². The van der Waals surface area contributed by atoms with Gasteiger partial charge in [0.25, 0.3) is 0 Å². The maximum absolute atomic E-state index is 15.4. The summed E-state index contributed by atoms with van der Waals surface area (Å²) in [5.74, 6) is -0.541. The van der Waals surface area contributed by atoms with Crippen LogP contribution in [0.5, 0.6) is 6.01 Å². The number of carbonyl (C=O) groups is 2. The van der Waals surface area contributed by atoms with Crippen molar-refractivity contribution >= 4 is 45.6 Å². The summed E-state index contributed by atoms with van der Waals surface area (Å²) in [6.07, 6.45) is 8.35. The van der Waals surface area contributed by atoms with Gasteiger partial charge in [0.15, 0.2) is 11.5 Å². The summed E-state index contributed by atoms with van der Waals surface area (Å²) in [7, 11) is 1.75. The topological polar surface area (TPSA) is 166 Å². The Morgan fingerprint density at radius 3 is 2.60 bits per heavy atom. The number of nitrogens with zero attached hydrogens (tertiary/aromatic N) is 13. The SMILES string of the molecule is CCO[C@H]1CN(C)C(=O)[C@@H]2C[C@@H](CN2c2nc(N3C4=CN(C5CC5)C(=O)[C@H]3C4)nc3c2cnn3-c2ccc(F)cc2F)Oc2nccc(n2)-c2nccc3nc(C)n(c23)C1. The molecule has 5 aromatic heterocycles. The molecule has 60 heavy (non-hydrogen) atoms. The molecule has 6 aromatic rings. The van der Waals surface area contributed by atoms with E-state index in [0.29, 0.717) is 42.2 Å². The Morgan fingerprint density at radius 1 is 0.950 bits per heavy atom. The molecule has 10 heterocycles. The monoisotopic (exact) mass is 815 g/mol. The van der Waals surface area contributed by atoms with Crippen molar-refractivity contribution in [3.05, 3.63) is 78.3 Å². The number of anilines is 2. The van der Waals surface area contributed by atoms with Crippen LogP contribution < -0.4 is 14.5 Å². The van der Waals surface area contributed by atoms with Gasteiger partial charge in [0.05, 0.1) is 47.5 Å². The number of imidazole rings is 1. The lowest BCUT2D eigenvalue weighted by Crippen LogP contribution is -2.60. The van der Waals surface area contributed by atoms with Crippen molar-refractivity contribution in [1.29, 1.82) is 0 Å². The number of fused-ring (bicyclic) bond motifs is 8. The lowest BCUT2D eigenvalue weighted by Gasteiger charge is -2.48. The number of pyridine rings is 1. The predicted molar refractivity (Wildman–Crippen MR) is 212 cm³/mol. The van der Waals surface area contributed by atoms with Crippen molar-refractivity contribution in [1.82, 2.24) is 54.1 Å². The minimum atomic E-state index is -0.839. The van der Waals surface area contributed by atoms with Crippen LogP contribution >= 0.6 is 0 Å². The molecule has 6 aliphatic rings. The highest BCUT2D eigenvalue weighted by Gasteiger charge is 2.51. The van der Waals surface area contributed by atoms with Crippen molar-refractivity contribution in [2.45, 2.75) is 76.4 Å². The Balaban J connectivity index is 1.04. The highest BCUT2D eigenvalue weighted by molar-refractivity contribution is 5.96. The number of rotatable bonds is 6. The maximum Gasteiger partial charge on any atom is 0.317 e. The summed E-state index contributed by atoms with van der Waals surface area (Å²) < 4.78 is 45.7. The van der Waals surface area contributed by atoms with E-state index in [9.17, 15) is 14.0 Å². The highest BCUT2D eigenvalue weighted by atomic mass is 19.1. The minimum Gasteiger partial charge on any atom is -0.458 e. The maximum atomic E-state index is 15.4. The van der Waals surface area contributed by atoms with E-state index in [4.69, 9.17) is 34.4 Å². The van der Waals surface area contributed by atoms with Crippen LogP contribution in [0.15, 0.2) is 60.8 Å². The largest absolute Gasteiger partial charge is 0.458 e. The summed E-state index contributed by atoms with van der Waals surface area (Å²) in [6.45, 7) is 5.07. The molecule has 2 amide bonds. The number of benzene rings is 1. The highest BCUT2D eigenvalue weighted by Crippen LogP contribution is 2.44. The molecular formula is C41H39F2N13O4. The number of carbonyl (C=O) groups excluding carboxylic acids is 2. The van der Waals surface area contributed by atoms with Gasteiger partial charge < -0.3 is 28.7 Å². The van der Waals surface area contributed by atoms with Crippen LogP contribution in [0.25, 0.3) is 39.1 Å². The lowest BCUT2D eigenvalue weighted by molar-refractivity contribution is -0.133. The normalized spacial score (nSPS) is 22.9. The number of hydrogen-bond acceptors (Lipinski definition) is 13. The van der Waals surface area contributed by atoms with Gasteiger partial charge in [-0.1, -0.05) is 0 Å². The number of aryl methyl sites for hydroxylation is 1. The molecule has 6 bridgehead atoms. The molecule has 0 radical (unpaired) electrons. The average molecular weight is 816 g/mol. The number of ether oxygens (including phenoxy) is 2. The minimum absolute atomic E-state index is 0.0297. The Labute approximate surface area is 341 Å². The van der Waals surface area contributed by atoms with Crippen LogP contribution in [0.1, 0.15) is 38.4 Å². The fourth-order valence-corrected chi connectivity index (χ4v) is 9.02. The van der Waals surface area contributed by atoms with Gasteiger partial charge in [-0.2, -0.15) is 20.1 Å². The molecule has 12 rings (SSSR count). The molecule has 17 nitrogen and oxygen atoms in total. The van der Waals surface area contributed by atoms with Gasteiger partial charge in [0.2, 0.25) is 17.8 Å². The molecule has 5 aliphatic heterocycles. The van der Waals surface area contributed by atoms with E-state index >= 15 is 4.39 Å². The summed E-state index contributed by atoms with van der Waals surface area (Å²) in [5, 5.41) is 4.94. The summed E-state index contributed by atoms with van der Waals surface area (Å²) >= 11 is 0. The fourth-order valence-electron chi connectivity index (χ4n) is 9.02. The number of hydrogen-bond donors (Lipinski definition) is 0. The van der Waals surface area contributed by atoms with Crippen molar-refractivity contribution < 1.29 is 27.8 Å². The van der Waals surface area contributed by atoms with Crippen LogP contribution in [0.4, 0.5) is 20.5 Å². The quantitative estimate of drug-likeness (QED) is 0.238. The van der Waals surface area contributed by atoms with Gasteiger partial charge in [-0.05, 0) is 51.0 Å². The number of halogens is 2. The fraction of sp³-hybridized carbons (Fsp3) is 0.390. The molecular weight excluding hydrogens is 777 g/mol. The van der Waals surface area contributed by atoms with Crippen LogP contribution in [-0.4, -0.2) is 123 Å². The van der Waals surface area contributed by atoms with Gasteiger partial charge in [0, 0.05) is 69.4 Å². The van der Waals surface area contributed by atoms with E-state index in [1.54, 1.807) is 35.3 Å². The number of aromatic nitrogens is 9. The van der Waals surface area contributed by atoms with Gasteiger partial charge >= 0.3 is 6.01 Å². The Bertz CT molecular complexity index is 2790. The van der Waals surface area contributed by atoms with Gasteiger partial charge in [0.1, 0.15) is 47.0 Å². The van der Waals surface area contributed by atoms with Crippen molar-refractivity contribution in [2.24, 2.45) is 0 Å². The predicted octanol–water partition coefficient (Wildman–Crippen LogP) is 3.93. The van der Waals surface area contributed by atoms with Crippen LogP contribution in [0.2, 0.25) is 0 Å². The van der Waals surface area contributed by atoms with E-state index in [2.05, 4.69) is 10.1 Å². The van der Waals surface area contributed by atoms with E-state index in [1.165, 1.54) is 16.9 Å². The summed E-state index contributed by atoms with van der Waals surface area (Å²) in [6, 6.07) is 5.82. The lowest BCUT2D eigenvalue weighted by atomic mass is 9.94. The zero-order valence-corrected chi connectivity index (χ0v) is 32.9. The van der Waals surface area contributed by atoms with Crippen molar-refractivity contribution in [3.63, 3.8) is 0 Å². The molecule has 4 atom stereocenters. The first kappa shape index (κ1) is 36.4. The first-order valence-electron chi connectivity index (χ1n) is 20.1. The summed E-state index contributed by atoms with van der Waals surface area (Å²) in [5.41, 5.74) is 3.74. The molecule has 1 aliphatic carbocycles. The molecule has 0 spiro atoms. The molecule has 0 unspecified atom stereocenters. The third-order valence-electron chi connectivity index (χ3n) is 12.0. The van der Waals surface area contributed by atoms with E-state index < -0.39 is 35.9 Å². The van der Waals surface area contributed by atoms with Crippen molar-refractivity contribution in [3.8, 4) is 23.1 Å². The second kappa shape index (κ2) is 13.7. The van der Waals surface area contributed by atoms with Crippen molar-refractivity contribution in [2.75, 3.05) is 36.5 Å². The summed E-state index contributed by atoms with van der Waals surface area (Å²) in [4.78, 5) is 64.5. The molecule has 2 saturated heterocycles. The number of amides is 2.